The standard InChI is InChI=1S/C17H21NO4/c1-3-6-17(2,18-7-9-20-10-8-18)16(19)13-4-5-14-15(11-13)22-12-21-14/h3-5,11H,1,6-10,12H2,2H3. The molecule has 5 nitrogen and oxygen atoms in total. The largest absolute Gasteiger partial charge is 0.454 e. The van der Waals surface area contributed by atoms with Crippen molar-refractivity contribution in [2.45, 2.75) is 18.9 Å². The zero-order valence-corrected chi connectivity index (χ0v) is 12.8. The Bertz CT molecular complexity index is 580. The van der Waals surface area contributed by atoms with Gasteiger partial charge in [-0.3, -0.25) is 9.69 Å². The monoisotopic (exact) mass is 303 g/mol. The Morgan fingerprint density at radius 3 is 2.77 bits per heavy atom. The number of rotatable bonds is 5. The minimum Gasteiger partial charge on any atom is -0.454 e. The summed E-state index contributed by atoms with van der Waals surface area (Å²) in [5.41, 5.74) is 0.0271. The molecule has 0 bridgehead atoms. The van der Waals surface area contributed by atoms with Crippen LogP contribution in [0.1, 0.15) is 23.7 Å². The van der Waals surface area contributed by atoms with Crippen molar-refractivity contribution in [2.75, 3.05) is 33.1 Å². The second kappa shape index (κ2) is 6.10. The number of benzene rings is 1. The number of carbonyl (C=O) groups is 1. The molecular weight excluding hydrogens is 282 g/mol. The smallest absolute Gasteiger partial charge is 0.231 e. The first kappa shape index (κ1) is 15.1. The Morgan fingerprint density at radius 2 is 2.05 bits per heavy atom. The van der Waals surface area contributed by atoms with E-state index in [0.29, 0.717) is 36.7 Å². The minimum atomic E-state index is -0.612. The average Bonchev–Trinajstić information content (AvgIpc) is 3.02. The Balaban J connectivity index is 1.90. The van der Waals surface area contributed by atoms with Gasteiger partial charge in [0.1, 0.15) is 0 Å². The molecule has 1 fully saturated rings. The van der Waals surface area contributed by atoms with Crippen LogP contribution in [0.15, 0.2) is 30.9 Å². The van der Waals surface area contributed by atoms with Crippen LogP contribution in [0, 0.1) is 0 Å². The molecule has 1 aromatic rings. The lowest BCUT2D eigenvalue weighted by Crippen LogP contribution is -2.56. The lowest BCUT2D eigenvalue weighted by Gasteiger charge is -2.41. The number of ether oxygens (including phenoxy) is 3. The van der Waals surface area contributed by atoms with Crippen molar-refractivity contribution < 1.29 is 19.0 Å². The van der Waals surface area contributed by atoms with E-state index in [-0.39, 0.29) is 12.6 Å². The summed E-state index contributed by atoms with van der Waals surface area (Å²) in [6.45, 7) is 8.82. The number of nitrogens with zero attached hydrogens (tertiary/aromatic N) is 1. The van der Waals surface area contributed by atoms with Crippen molar-refractivity contribution in [1.82, 2.24) is 4.90 Å². The topological polar surface area (TPSA) is 48.0 Å². The maximum Gasteiger partial charge on any atom is 0.231 e. The van der Waals surface area contributed by atoms with Crippen molar-refractivity contribution in [2.24, 2.45) is 0 Å². The predicted octanol–water partition coefficient (Wildman–Crippen LogP) is 2.27. The molecule has 0 radical (unpaired) electrons. The van der Waals surface area contributed by atoms with Crippen LogP contribution in [0.25, 0.3) is 0 Å². The molecular formula is C17H21NO4. The number of hydrogen-bond donors (Lipinski definition) is 0. The highest BCUT2D eigenvalue weighted by Crippen LogP contribution is 2.35. The highest BCUT2D eigenvalue weighted by atomic mass is 16.7. The number of hydrogen-bond acceptors (Lipinski definition) is 5. The molecule has 2 heterocycles. The van der Waals surface area contributed by atoms with Crippen molar-refractivity contribution in [3.63, 3.8) is 0 Å². The zero-order valence-electron chi connectivity index (χ0n) is 12.8. The molecule has 3 rings (SSSR count). The zero-order chi connectivity index (χ0) is 15.6. The number of carbonyl (C=O) groups excluding carboxylic acids is 1. The summed E-state index contributed by atoms with van der Waals surface area (Å²) in [5.74, 6) is 1.40. The van der Waals surface area contributed by atoms with E-state index in [1.165, 1.54) is 0 Å². The molecule has 118 valence electrons. The van der Waals surface area contributed by atoms with E-state index in [1.54, 1.807) is 24.3 Å². The van der Waals surface area contributed by atoms with E-state index < -0.39 is 5.54 Å². The number of Topliss-reactive ketones (excluding diaryl/α,β-unsaturated/α-hetero) is 1. The van der Waals surface area contributed by atoms with Gasteiger partial charge in [0, 0.05) is 18.7 Å². The lowest BCUT2D eigenvalue weighted by molar-refractivity contribution is -0.00872. The molecule has 0 aliphatic carbocycles. The fourth-order valence-corrected chi connectivity index (χ4v) is 3.05. The van der Waals surface area contributed by atoms with Crippen LogP contribution in [-0.4, -0.2) is 49.3 Å². The van der Waals surface area contributed by atoms with E-state index in [4.69, 9.17) is 14.2 Å². The third kappa shape index (κ3) is 2.62. The molecule has 0 spiro atoms. The highest BCUT2D eigenvalue weighted by Gasteiger charge is 2.39. The normalized spacial score (nSPS) is 20.4. The first-order chi connectivity index (χ1) is 10.6. The fourth-order valence-electron chi connectivity index (χ4n) is 3.05. The van der Waals surface area contributed by atoms with Gasteiger partial charge in [0.05, 0.1) is 18.8 Å². The number of ketones is 1. The van der Waals surface area contributed by atoms with Gasteiger partial charge in [-0.15, -0.1) is 6.58 Å². The highest BCUT2D eigenvalue weighted by molar-refractivity contribution is 6.03. The predicted molar refractivity (Wildman–Crippen MR) is 82.5 cm³/mol. The Kier molecular flexibility index (Phi) is 4.18. The SMILES string of the molecule is C=CCC(C)(C(=O)c1ccc2c(c1)OCO2)N1CCOCC1. The molecule has 0 saturated carbocycles. The van der Waals surface area contributed by atoms with Crippen molar-refractivity contribution >= 4 is 5.78 Å². The first-order valence-corrected chi connectivity index (χ1v) is 7.53. The molecule has 5 heteroatoms. The quantitative estimate of drug-likeness (QED) is 0.617. The number of morpholine rings is 1. The molecule has 1 atom stereocenters. The van der Waals surface area contributed by atoms with E-state index in [2.05, 4.69) is 11.5 Å². The molecule has 1 unspecified atom stereocenters. The van der Waals surface area contributed by atoms with Gasteiger partial charge < -0.3 is 14.2 Å². The second-order valence-corrected chi connectivity index (χ2v) is 5.76. The Morgan fingerprint density at radius 1 is 1.32 bits per heavy atom. The second-order valence-electron chi connectivity index (χ2n) is 5.76. The Hall–Kier alpha value is -1.85. The molecule has 1 saturated heterocycles. The summed E-state index contributed by atoms with van der Waals surface area (Å²) in [6.07, 6.45) is 2.40. The van der Waals surface area contributed by atoms with Gasteiger partial charge in [0.15, 0.2) is 17.3 Å². The maximum atomic E-state index is 13.1. The van der Waals surface area contributed by atoms with E-state index >= 15 is 0 Å². The summed E-state index contributed by atoms with van der Waals surface area (Å²) in [4.78, 5) is 15.3. The van der Waals surface area contributed by atoms with Crippen LogP contribution >= 0.6 is 0 Å². The van der Waals surface area contributed by atoms with Crippen LogP contribution in [-0.2, 0) is 4.74 Å². The van der Waals surface area contributed by atoms with E-state index in [0.717, 1.165) is 13.1 Å². The average molecular weight is 303 g/mol. The molecule has 2 aliphatic heterocycles. The van der Waals surface area contributed by atoms with Gasteiger partial charge in [0.2, 0.25) is 6.79 Å². The maximum absolute atomic E-state index is 13.1. The molecule has 0 amide bonds. The Labute approximate surface area is 130 Å². The summed E-state index contributed by atoms with van der Waals surface area (Å²) in [7, 11) is 0. The first-order valence-electron chi connectivity index (χ1n) is 7.53. The third-order valence-corrected chi connectivity index (χ3v) is 4.37. The summed E-state index contributed by atoms with van der Waals surface area (Å²) < 4.78 is 16.1. The summed E-state index contributed by atoms with van der Waals surface area (Å²) >= 11 is 0. The molecule has 1 aromatic carbocycles. The van der Waals surface area contributed by atoms with Crippen molar-refractivity contribution in [3.8, 4) is 11.5 Å². The third-order valence-electron chi connectivity index (χ3n) is 4.37. The van der Waals surface area contributed by atoms with Crippen LogP contribution < -0.4 is 9.47 Å². The fraction of sp³-hybridized carbons (Fsp3) is 0.471. The molecule has 0 aromatic heterocycles. The van der Waals surface area contributed by atoms with Crippen LogP contribution in [0.4, 0.5) is 0 Å². The van der Waals surface area contributed by atoms with Crippen LogP contribution in [0.2, 0.25) is 0 Å². The van der Waals surface area contributed by atoms with Gasteiger partial charge in [-0.25, -0.2) is 0 Å². The summed E-state index contributed by atoms with van der Waals surface area (Å²) in [6, 6.07) is 5.37. The van der Waals surface area contributed by atoms with Crippen molar-refractivity contribution in [3.05, 3.63) is 36.4 Å². The molecule has 22 heavy (non-hydrogen) atoms. The van der Waals surface area contributed by atoms with Gasteiger partial charge >= 0.3 is 0 Å². The van der Waals surface area contributed by atoms with Gasteiger partial charge in [-0.1, -0.05) is 6.08 Å². The van der Waals surface area contributed by atoms with Gasteiger partial charge in [-0.05, 0) is 31.5 Å². The number of fused-ring (bicyclic) bond motifs is 1. The van der Waals surface area contributed by atoms with E-state index in [9.17, 15) is 4.79 Å². The van der Waals surface area contributed by atoms with E-state index in [1.807, 2.05) is 6.92 Å². The summed E-state index contributed by atoms with van der Waals surface area (Å²) in [5, 5.41) is 0. The van der Waals surface area contributed by atoms with Gasteiger partial charge in [0.25, 0.3) is 0 Å². The molecule has 2 aliphatic rings. The molecule has 0 N–H and O–H groups in total. The van der Waals surface area contributed by atoms with Gasteiger partial charge in [-0.2, -0.15) is 0 Å². The van der Waals surface area contributed by atoms with Crippen LogP contribution in [0.5, 0.6) is 11.5 Å². The lowest BCUT2D eigenvalue weighted by atomic mass is 9.85. The van der Waals surface area contributed by atoms with Crippen molar-refractivity contribution in [1.29, 1.82) is 0 Å². The van der Waals surface area contributed by atoms with Crippen LogP contribution in [0.3, 0.4) is 0 Å². The minimum absolute atomic E-state index is 0.0765.